The van der Waals surface area contributed by atoms with Crippen LogP contribution in [0.5, 0.6) is 11.5 Å². The van der Waals surface area contributed by atoms with E-state index in [4.69, 9.17) is 9.47 Å². The van der Waals surface area contributed by atoms with Gasteiger partial charge in [-0.2, -0.15) is 17.9 Å². The second-order valence-corrected chi connectivity index (χ2v) is 7.91. The summed E-state index contributed by atoms with van der Waals surface area (Å²) >= 11 is 0. The smallest absolute Gasteiger partial charge is 0.416 e. The standard InChI is InChI=1S/C23H25F3N6O3/c1-2-34-19-8-6-18(7-9-19)32-21(27-28-29-32)15-30-10-12-31(13-11-30)22(33)16-35-20-5-3-4-17(14-20)23(24,25)26/h3-9,14H,2,10-13,15-16H2,1H3. The van der Waals surface area contributed by atoms with E-state index in [0.29, 0.717) is 45.2 Å². The number of hydrogen-bond donors (Lipinski definition) is 0. The molecule has 2 aromatic carbocycles. The summed E-state index contributed by atoms with van der Waals surface area (Å²) < 4.78 is 51.0. The number of carbonyl (C=O) groups is 1. The Balaban J connectivity index is 1.27. The van der Waals surface area contributed by atoms with Crippen molar-refractivity contribution in [2.75, 3.05) is 39.4 Å². The molecule has 4 rings (SSSR count). The molecule has 1 saturated heterocycles. The Bertz CT molecular complexity index is 1130. The minimum Gasteiger partial charge on any atom is -0.494 e. The lowest BCUT2D eigenvalue weighted by Gasteiger charge is -2.34. The number of carbonyl (C=O) groups excluding carboxylic acids is 1. The van der Waals surface area contributed by atoms with Gasteiger partial charge in [-0.3, -0.25) is 9.69 Å². The summed E-state index contributed by atoms with van der Waals surface area (Å²) in [4.78, 5) is 16.3. The molecular formula is C23H25F3N6O3. The molecule has 0 unspecified atom stereocenters. The number of alkyl halides is 3. The Hall–Kier alpha value is -3.67. The molecule has 0 saturated carbocycles. The van der Waals surface area contributed by atoms with Gasteiger partial charge in [0.15, 0.2) is 12.4 Å². The van der Waals surface area contributed by atoms with Gasteiger partial charge in [0.2, 0.25) is 0 Å². The molecule has 2 heterocycles. The molecule has 1 aliphatic rings. The van der Waals surface area contributed by atoms with Gasteiger partial charge < -0.3 is 14.4 Å². The van der Waals surface area contributed by atoms with Gasteiger partial charge in [0, 0.05) is 26.2 Å². The number of hydrogen-bond acceptors (Lipinski definition) is 7. The van der Waals surface area contributed by atoms with Crippen molar-refractivity contribution in [1.82, 2.24) is 30.0 Å². The molecule has 1 aliphatic heterocycles. The molecule has 0 radical (unpaired) electrons. The van der Waals surface area contributed by atoms with Crippen LogP contribution < -0.4 is 9.47 Å². The molecule has 186 valence electrons. The van der Waals surface area contributed by atoms with Crippen molar-refractivity contribution in [3.05, 3.63) is 59.9 Å². The third-order valence-electron chi connectivity index (χ3n) is 5.54. The number of piperazine rings is 1. The molecule has 0 aliphatic carbocycles. The first kappa shape index (κ1) is 24.5. The fraction of sp³-hybridized carbons (Fsp3) is 0.391. The van der Waals surface area contributed by atoms with Crippen LogP contribution in [0.15, 0.2) is 48.5 Å². The van der Waals surface area contributed by atoms with Crippen molar-refractivity contribution in [2.24, 2.45) is 0 Å². The number of halogens is 3. The van der Waals surface area contributed by atoms with Gasteiger partial charge in [0.05, 0.1) is 24.4 Å². The lowest BCUT2D eigenvalue weighted by molar-refractivity contribution is -0.137. The lowest BCUT2D eigenvalue weighted by atomic mass is 10.2. The summed E-state index contributed by atoms with van der Waals surface area (Å²) in [5, 5.41) is 12.0. The Labute approximate surface area is 200 Å². The number of nitrogens with zero attached hydrogens (tertiary/aromatic N) is 6. The van der Waals surface area contributed by atoms with Crippen LogP contribution in [0.2, 0.25) is 0 Å². The van der Waals surface area contributed by atoms with Crippen molar-refractivity contribution in [2.45, 2.75) is 19.6 Å². The van der Waals surface area contributed by atoms with Crippen LogP contribution in [0.4, 0.5) is 13.2 Å². The van der Waals surface area contributed by atoms with Crippen molar-refractivity contribution >= 4 is 5.91 Å². The van der Waals surface area contributed by atoms with Gasteiger partial charge in [-0.25, -0.2) is 0 Å². The summed E-state index contributed by atoms with van der Waals surface area (Å²) in [5.74, 6) is 1.17. The number of tetrazole rings is 1. The van der Waals surface area contributed by atoms with Gasteiger partial charge >= 0.3 is 6.18 Å². The summed E-state index contributed by atoms with van der Waals surface area (Å²) in [5.41, 5.74) is -0.00218. The maximum Gasteiger partial charge on any atom is 0.416 e. The predicted molar refractivity (Wildman–Crippen MR) is 119 cm³/mol. The van der Waals surface area contributed by atoms with Gasteiger partial charge in [-0.05, 0) is 59.8 Å². The highest BCUT2D eigenvalue weighted by molar-refractivity contribution is 5.77. The third kappa shape index (κ3) is 6.27. The Morgan fingerprint density at radius 1 is 1.00 bits per heavy atom. The molecule has 0 atom stereocenters. The maximum absolute atomic E-state index is 12.8. The summed E-state index contributed by atoms with van der Waals surface area (Å²) in [6.45, 7) is 4.83. The van der Waals surface area contributed by atoms with Gasteiger partial charge in [-0.1, -0.05) is 6.07 Å². The molecule has 0 spiro atoms. The normalized spacial score (nSPS) is 14.7. The topological polar surface area (TPSA) is 85.6 Å². The van der Waals surface area contributed by atoms with Crippen LogP contribution in [-0.2, 0) is 17.5 Å². The van der Waals surface area contributed by atoms with Crippen molar-refractivity contribution < 1.29 is 27.4 Å². The van der Waals surface area contributed by atoms with Gasteiger partial charge in [0.1, 0.15) is 11.5 Å². The average molecular weight is 490 g/mol. The monoisotopic (exact) mass is 490 g/mol. The molecule has 35 heavy (non-hydrogen) atoms. The molecule has 0 bridgehead atoms. The largest absolute Gasteiger partial charge is 0.494 e. The Morgan fingerprint density at radius 3 is 2.43 bits per heavy atom. The van der Waals surface area contributed by atoms with E-state index in [1.165, 1.54) is 12.1 Å². The Kier molecular flexibility index (Phi) is 7.49. The number of amides is 1. The molecule has 1 aromatic heterocycles. The lowest BCUT2D eigenvalue weighted by Crippen LogP contribution is -2.49. The zero-order valence-corrected chi connectivity index (χ0v) is 19.1. The number of benzene rings is 2. The van der Waals surface area contributed by atoms with E-state index in [9.17, 15) is 18.0 Å². The van der Waals surface area contributed by atoms with Crippen molar-refractivity contribution in [1.29, 1.82) is 0 Å². The molecule has 1 fully saturated rings. The zero-order chi connectivity index (χ0) is 24.8. The van der Waals surface area contributed by atoms with E-state index < -0.39 is 11.7 Å². The van der Waals surface area contributed by atoms with E-state index in [1.807, 2.05) is 31.2 Å². The number of ether oxygens (including phenoxy) is 2. The molecule has 0 N–H and O–H groups in total. The van der Waals surface area contributed by atoms with Crippen LogP contribution in [0, 0.1) is 0 Å². The van der Waals surface area contributed by atoms with Crippen LogP contribution >= 0.6 is 0 Å². The fourth-order valence-corrected chi connectivity index (χ4v) is 3.71. The van der Waals surface area contributed by atoms with E-state index >= 15 is 0 Å². The van der Waals surface area contributed by atoms with E-state index in [2.05, 4.69) is 20.4 Å². The van der Waals surface area contributed by atoms with Gasteiger partial charge in [-0.15, -0.1) is 5.10 Å². The predicted octanol–water partition coefficient (Wildman–Crippen LogP) is 2.80. The second-order valence-electron chi connectivity index (χ2n) is 7.91. The summed E-state index contributed by atoms with van der Waals surface area (Å²) in [6, 6.07) is 12.0. The Morgan fingerprint density at radius 2 is 1.74 bits per heavy atom. The summed E-state index contributed by atoms with van der Waals surface area (Å²) in [6.07, 6.45) is -4.47. The van der Waals surface area contributed by atoms with Crippen molar-refractivity contribution in [3.63, 3.8) is 0 Å². The highest BCUT2D eigenvalue weighted by Crippen LogP contribution is 2.31. The van der Waals surface area contributed by atoms with Crippen LogP contribution in [0.3, 0.4) is 0 Å². The van der Waals surface area contributed by atoms with Gasteiger partial charge in [0.25, 0.3) is 5.91 Å². The van der Waals surface area contributed by atoms with E-state index in [1.54, 1.807) is 9.58 Å². The van der Waals surface area contributed by atoms with E-state index in [0.717, 1.165) is 23.6 Å². The molecular weight excluding hydrogens is 465 g/mol. The maximum atomic E-state index is 12.8. The summed E-state index contributed by atoms with van der Waals surface area (Å²) in [7, 11) is 0. The first-order valence-corrected chi connectivity index (χ1v) is 11.1. The fourth-order valence-electron chi connectivity index (χ4n) is 3.71. The van der Waals surface area contributed by atoms with Crippen LogP contribution in [0.1, 0.15) is 18.3 Å². The highest BCUT2D eigenvalue weighted by Gasteiger charge is 2.30. The molecule has 3 aromatic rings. The highest BCUT2D eigenvalue weighted by atomic mass is 19.4. The second kappa shape index (κ2) is 10.7. The van der Waals surface area contributed by atoms with Crippen molar-refractivity contribution in [3.8, 4) is 17.2 Å². The number of rotatable bonds is 8. The molecule has 9 nitrogen and oxygen atoms in total. The average Bonchev–Trinajstić information content (AvgIpc) is 3.31. The first-order chi connectivity index (χ1) is 16.8. The molecule has 1 amide bonds. The quantitative estimate of drug-likeness (QED) is 0.480. The third-order valence-corrected chi connectivity index (χ3v) is 5.54. The zero-order valence-electron chi connectivity index (χ0n) is 19.1. The van der Waals surface area contributed by atoms with Crippen LogP contribution in [0.25, 0.3) is 5.69 Å². The first-order valence-electron chi connectivity index (χ1n) is 11.1. The minimum atomic E-state index is -4.47. The minimum absolute atomic E-state index is 0.00735. The van der Waals surface area contributed by atoms with Crippen LogP contribution in [-0.4, -0.2) is 75.3 Å². The molecule has 12 heteroatoms. The number of aromatic nitrogens is 4. The van der Waals surface area contributed by atoms with E-state index in [-0.39, 0.29) is 18.3 Å². The SMILES string of the molecule is CCOc1ccc(-n2nnnc2CN2CCN(C(=O)COc3cccc(C(F)(F)F)c3)CC2)cc1.